The maximum absolute atomic E-state index is 13.3. The molecule has 10 heteroatoms. The molecular weight excluding hydrogens is 385 g/mol. The zero-order valence-electron chi connectivity index (χ0n) is 14.6. The normalized spacial score (nSPS) is 12.5. The summed E-state index contributed by atoms with van der Waals surface area (Å²) in [5, 5.41) is 21.9. The van der Waals surface area contributed by atoms with Crippen molar-refractivity contribution in [3.05, 3.63) is 58.4 Å². The molecule has 8 nitrogen and oxygen atoms in total. The van der Waals surface area contributed by atoms with Crippen LogP contribution in [-0.4, -0.2) is 41.2 Å². The molecule has 1 N–H and O–H groups in total. The molecule has 0 bridgehead atoms. The number of thiol groups is 1. The Morgan fingerprint density at radius 3 is 2.61 bits per heavy atom. The van der Waals surface area contributed by atoms with E-state index >= 15 is 0 Å². The lowest BCUT2D eigenvalue weighted by Crippen LogP contribution is -2.31. The molecule has 0 radical (unpaired) electrons. The molecule has 0 spiro atoms. The van der Waals surface area contributed by atoms with Crippen molar-refractivity contribution in [1.29, 1.82) is 0 Å². The second-order valence-corrected chi connectivity index (χ2v) is 6.57. The molecule has 1 aromatic carbocycles. The number of nitrogens with zero attached hydrogens (tertiary/aromatic N) is 5. The van der Waals surface area contributed by atoms with E-state index in [-0.39, 0.29) is 17.1 Å². The Labute approximate surface area is 162 Å². The summed E-state index contributed by atoms with van der Waals surface area (Å²) >= 11 is 4.01. The Bertz CT molecular complexity index is 1280. The number of carbonyl (C=O) groups is 1. The summed E-state index contributed by atoms with van der Waals surface area (Å²) in [6.07, 6.45) is 1.38. The van der Waals surface area contributed by atoms with Gasteiger partial charge in [0.2, 0.25) is 0 Å². The molecule has 0 aliphatic rings. The van der Waals surface area contributed by atoms with Crippen molar-refractivity contribution in [3.63, 3.8) is 0 Å². The van der Waals surface area contributed by atoms with Gasteiger partial charge >= 0.3 is 5.97 Å². The van der Waals surface area contributed by atoms with Gasteiger partial charge in [-0.05, 0) is 30.7 Å². The van der Waals surface area contributed by atoms with Gasteiger partial charge in [-0.25, -0.2) is 13.7 Å². The van der Waals surface area contributed by atoms with E-state index < -0.39 is 17.6 Å². The number of aromatic nitrogens is 5. The van der Waals surface area contributed by atoms with E-state index in [2.05, 4.69) is 27.9 Å². The van der Waals surface area contributed by atoms with Crippen molar-refractivity contribution in [2.24, 2.45) is 0 Å². The summed E-state index contributed by atoms with van der Waals surface area (Å²) in [5.41, 5.74) is 2.25. The summed E-state index contributed by atoms with van der Waals surface area (Å²) in [6, 6.07) is 6.37. The van der Waals surface area contributed by atoms with Gasteiger partial charge in [-0.15, -0.1) is 10.2 Å². The fourth-order valence-corrected chi connectivity index (χ4v) is 3.48. The van der Waals surface area contributed by atoms with Crippen molar-refractivity contribution in [3.8, 4) is 11.1 Å². The van der Waals surface area contributed by atoms with Crippen LogP contribution in [-0.2, 0) is 4.79 Å². The van der Waals surface area contributed by atoms with E-state index in [0.717, 1.165) is 10.1 Å². The average Bonchev–Trinajstić information content (AvgIpc) is 3.01. The van der Waals surface area contributed by atoms with Crippen molar-refractivity contribution < 1.29 is 14.3 Å². The zero-order valence-corrected chi connectivity index (χ0v) is 15.5. The first-order chi connectivity index (χ1) is 13.4. The summed E-state index contributed by atoms with van der Waals surface area (Å²) in [5.74, 6) is -1.57. The van der Waals surface area contributed by atoms with Crippen LogP contribution in [0.1, 0.15) is 11.7 Å². The monoisotopic (exact) mass is 399 g/mol. The molecule has 0 aliphatic heterocycles. The van der Waals surface area contributed by atoms with E-state index in [1.165, 1.54) is 22.8 Å². The maximum atomic E-state index is 13.3. The molecule has 142 valence electrons. The highest BCUT2D eigenvalue weighted by Crippen LogP contribution is 2.28. The lowest BCUT2D eigenvalue weighted by Gasteiger charge is -2.13. The third kappa shape index (κ3) is 2.73. The number of aryl methyl sites for hydroxylation is 1. The third-order valence-corrected chi connectivity index (χ3v) is 4.85. The zero-order chi connectivity index (χ0) is 20.0. The average molecular weight is 399 g/mol. The summed E-state index contributed by atoms with van der Waals surface area (Å²) < 4.78 is 15.8. The minimum atomic E-state index is -1.17. The van der Waals surface area contributed by atoms with Crippen molar-refractivity contribution in [2.75, 3.05) is 5.75 Å². The van der Waals surface area contributed by atoms with E-state index in [9.17, 15) is 19.1 Å². The fourth-order valence-electron chi connectivity index (χ4n) is 3.15. The molecular formula is C18H14FN5O3S. The van der Waals surface area contributed by atoms with Crippen LogP contribution in [0.15, 0.2) is 41.3 Å². The number of carboxylic acid groups (broad SMARTS) is 1. The van der Waals surface area contributed by atoms with Crippen LogP contribution in [0.2, 0.25) is 0 Å². The van der Waals surface area contributed by atoms with Gasteiger partial charge < -0.3 is 5.11 Å². The number of halogens is 1. The van der Waals surface area contributed by atoms with Gasteiger partial charge in [0, 0.05) is 11.9 Å². The Hall–Kier alpha value is -3.27. The fraction of sp³-hybridized carbons (Fsp3) is 0.167. The van der Waals surface area contributed by atoms with Gasteiger partial charge in [0.15, 0.2) is 11.2 Å². The summed E-state index contributed by atoms with van der Waals surface area (Å²) in [7, 11) is 0. The van der Waals surface area contributed by atoms with Crippen LogP contribution >= 0.6 is 12.6 Å². The van der Waals surface area contributed by atoms with Crippen molar-refractivity contribution in [2.45, 2.75) is 13.0 Å². The molecule has 1 unspecified atom stereocenters. The third-order valence-electron chi connectivity index (χ3n) is 4.51. The largest absolute Gasteiger partial charge is 0.480 e. The highest BCUT2D eigenvalue weighted by molar-refractivity contribution is 7.80. The Kier molecular flexibility index (Phi) is 4.34. The van der Waals surface area contributed by atoms with Crippen LogP contribution in [0, 0.1) is 12.7 Å². The number of rotatable bonds is 4. The number of fused-ring (bicyclic) bond motifs is 3. The predicted octanol–water partition coefficient (Wildman–Crippen LogP) is 2.11. The molecule has 1 atom stereocenters. The second kappa shape index (κ2) is 6.71. The van der Waals surface area contributed by atoms with Gasteiger partial charge in [-0.1, -0.05) is 12.1 Å². The van der Waals surface area contributed by atoms with Gasteiger partial charge in [0.1, 0.15) is 17.4 Å². The van der Waals surface area contributed by atoms with E-state index in [0.29, 0.717) is 22.4 Å². The molecule has 0 aliphatic carbocycles. The number of hydrogen-bond donors (Lipinski definition) is 2. The Morgan fingerprint density at radius 2 is 1.96 bits per heavy atom. The van der Waals surface area contributed by atoms with Gasteiger partial charge in [0.25, 0.3) is 5.56 Å². The van der Waals surface area contributed by atoms with E-state index in [1.807, 2.05) is 0 Å². The second-order valence-electron chi connectivity index (χ2n) is 6.20. The van der Waals surface area contributed by atoms with Gasteiger partial charge in [0.05, 0.1) is 11.3 Å². The molecule has 3 heterocycles. The molecule has 0 amide bonds. The molecule has 0 saturated heterocycles. The summed E-state index contributed by atoms with van der Waals surface area (Å²) in [4.78, 5) is 24.1. The number of benzene rings is 1. The molecule has 0 saturated carbocycles. The first-order valence-electron chi connectivity index (χ1n) is 8.29. The Balaban J connectivity index is 1.98. The number of aliphatic carboxylic acids is 1. The standard InChI is InChI=1S/C18H14FN5O3S/c1-9-14(10-2-4-11(19)5-3-10)16-21-20-15-12(24(16)22-9)6-7-23(17(15)25)13(8-28)18(26)27/h2-7,13,28H,8H2,1H3,(H,26,27). The quantitative estimate of drug-likeness (QED) is 0.510. The molecule has 4 rings (SSSR count). The smallest absolute Gasteiger partial charge is 0.327 e. The Morgan fingerprint density at radius 1 is 1.25 bits per heavy atom. The van der Waals surface area contributed by atoms with Crippen LogP contribution in [0.5, 0.6) is 0 Å². The highest BCUT2D eigenvalue weighted by Gasteiger charge is 2.22. The van der Waals surface area contributed by atoms with Crippen LogP contribution < -0.4 is 5.56 Å². The SMILES string of the molecule is Cc1nn2c(nnc3c(=O)n(C(CS)C(=O)O)ccc32)c1-c1ccc(F)cc1. The maximum Gasteiger partial charge on any atom is 0.327 e. The number of carboxylic acids is 1. The number of hydrogen-bond acceptors (Lipinski definition) is 6. The number of pyridine rings is 1. The first kappa shape index (κ1) is 18.1. The molecule has 28 heavy (non-hydrogen) atoms. The minimum absolute atomic E-state index is 0.00353. The van der Waals surface area contributed by atoms with Crippen molar-refractivity contribution >= 4 is 35.3 Å². The van der Waals surface area contributed by atoms with Gasteiger partial charge in [-0.2, -0.15) is 17.7 Å². The highest BCUT2D eigenvalue weighted by atomic mass is 32.1. The van der Waals surface area contributed by atoms with E-state index in [1.54, 1.807) is 25.1 Å². The molecule has 0 fully saturated rings. The van der Waals surface area contributed by atoms with Crippen LogP contribution in [0.4, 0.5) is 4.39 Å². The molecule has 4 aromatic rings. The minimum Gasteiger partial charge on any atom is -0.480 e. The lowest BCUT2D eigenvalue weighted by molar-refractivity contribution is -0.140. The van der Waals surface area contributed by atoms with E-state index in [4.69, 9.17) is 0 Å². The van der Waals surface area contributed by atoms with Crippen LogP contribution in [0.3, 0.4) is 0 Å². The lowest BCUT2D eigenvalue weighted by atomic mass is 10.1. The van der Waals surface area contributed by atoms with Crippen molar-refractivity contribution in [1.82, 2.24) is 24.4 Å². The topological polar surface area (TPSA) is 102 Å². The van der Waals surface area contributed by atoms with Crippen LogP contribution in [0.25, 0.3) is 27.8 Å². The predicted molar refractivity (Wildman–Crippen MR) is 103 cm³/mol. The first-order valence-corrected chi connectivity index (χ1v) is 8.92. The molecule has 3 aromatic heterocycles. The van der Waals surface area contributed by atoms with Gasteiger partial charge in [-0.3, -0.25) is 9.36 Å². The summed E-state index contributed by atoms with van der Waals surface area (Å²) in [6.45, 7) is 1.78.